The topological polar surface area (TPSA) is 78.0 Å². The Morgan fingerprint density at radius 1 is 1.12 bits per heavy atom. The smallest absolute Gasteiger partial charge is 0.275 e. The number of carbonyl (C=O) groups is 1. The van der Waals surface area contributed by atoms with Gasteiger partial charge in [-0.25, -0.2) is 14.4 Å². The van der Waals surface area contributed by atoms with Crippen molar-refractivity contribution >= 4 is 11.9 Å². The molecule has 8 heteroatoms. The first-order valence-corrected chi connectivity index (χ1v) is 11.7. The molecule has 0 radical (unpaired) electrons. The molecule has 1 amide bonds. The first-order valence-electron chi connectivity index (χ1n) is 11.7. The summed E-state index contributed by atoms with van der Waals surface area (Å²) in [6, 6.07) is 6.18. The van der Waals surface area contributed by atoms with Crippen LogP contribution in [-0.4, -0.2) is 51.6 Å². The van der Waals surface area contributed by atoms with Gasteiger partial charge in [-0.3, -0.25) is 9.89 Å². The molecule has 5 rings (SSSR count). The highest BCUT2D eigenvalue weighted by Gasteiger charge is 2.35. The number of carbonyl (C=O) groups excluding carboxylic acids is 1. The number of H-pyrrole nitrogens is 1. The number of hydrogen-bond acceptors (Lipinski definition) is 5. The van der Waals surface area contributed by atoms with Gasteiger partial charge >= 0.3 is 0 Å². The number of halogens is 1. The molecule has 2 aromatic heterocycles. The second kappa shape index (κ2) is 8.92. The third kappa shape index (κ3) is 4.10. The maximum absolute atomic E-state index is 13.8. The van der Waals surface area contributed by atoms with Crippen LogP contribution in [0.1, 0.15) is 65.6 Å². The second-order valence-electron chi connectivity index (χ2n) is 9.12. The zero-order valence-corrected chi connectivity index (χ0v) is 19.1. The number of benzene rings is 1. The molecule has 0 saturated carbocycles. The van der Waals surface area contributed by atoms with E-state index in [4.69, 9.17) is 4.98 Å². The number of aromatic amines is 1. The van der Waals surface area contributed by atoms with Crippen molar-refractivity contribution in [2.75, 3.05) is 25.5 Å². The molecule has 7 nitrogen and oxygen atoms in total. The summed E-state index contributed by atoms with van der Waals surface area (Å²) in [6.45, 7) is 0.662. The molecule has 2 aliphatic rings. The predicted molar refractivity (Wildman–Crippen MR) is 125 cm³/mol. The van der Waals surface area contributed by atoms with Gasteiger partial charge < -0.3 is 9.80 Å². The molecule has 1 N–H and O–H groups in total. The monoisotopic (exact) mass is 448 g/mol. The van der Waals surface area contributed by atoms with Gasteiger partial charge in [-0.1, -0.05) is 12.1 Å². The normalized spacial score (nSPS) is 18.2. The summed E-state index contributed by atoms with van der Waals surface area (Å²) >= 11 is 0. The number of aromatic nitrogens is 4. The number of fused-ring (bicyclic) bond motifs is 1. The van der Waals surface area contributed by atoms with Gasteiger partial charge in [-0.05, 0) is 62.6 Å². The summed E-state index contributed by atoms with van der Waals surface area (Å²) in [7, 11) is 3.80. The van der Waals surface area contributed by atoms with Crippen LogP contribution in [0.4, 0.5) is 10.3 Å². The molecule has 1 atom stereocenters. The van der Waals surface area contributed by atoms with E-state index in [1.807, 2.05) is 23.9 Å². The van der Waals surface area contributed by atoms with E-state index in [1.54, 1.807) is 18.3 Å². The lowest BCUT2D eigenvalue weighted by molar-refractivity contribution is 0.0599. The molecule has 0 unspecified atom stereocenters. The van der Waals surface area contributed by atoms with E-state index in [-0.39, 0.29) is 17.8 Å². The molecule has 0 spiro atoms. The van der Waals surface area contributed by atoms with Gasteiger partial charge in [0.2, 0.25) is 5.95 Å². The fraction of sp³-hybridized carbons (Fsp3) is 0.440. The van der Waals surface area contributed by atoms with E-state index in [9.17, 15) is 9.18 Å². The van der Waals surface area contributed by atoms with Crippen LogP contribution >= 0.6 is 0 Å². The summed E-state index contributed by atoms with van der Waals surface area (Å²) in [4.78, 5) is 27.0. The molecule has 0 bridgehead atoms. The lowest BCUT2D eigenvalue weighted by Gasteiger charge is -2.36. The number of aryl methyl sites for hydroxylation is 1. The number of anilines is 1. The summed E-state index contributed by atoms with van der Waals surface area (Å²) < 4.78 is 13.6. The first-order chi connectivity index (χ1) is 16.0. The van der Waals surface area contributed by atoms with E-state index >= 15 is 0 Å². The quantitative estimate of drug-likeness (QED) is 0.643. The Bertz CT molecular complexity index is 1160. The van der Waals surface area contributed by atoms with Crippen molar-refractivity contribution in [2.24, 2.45) is 0 Å². The van der Waals surface area contributed by atoms with Gasteiger partial charge in [-0.2, -0.15) is 5.10 Å². The zero-order chi connectivity index (χ0) is 22.9. The summed E-state index contributed by atoms with van der Waals surface area (Å²) in [5.74, 6) is 0.268. The first kappa shape index (κ1) is 21.6. The molecule has 33 heavy (non-hydrogen) atoms. The molecule has 1 aliphatic carbocycles. The molecular formula is C25H29FN6O. The minimum absolute atomic E-state index is 0.0332. The van der Waals surface area contributed by atoms with Crippen molar-refractivity contribution < 1.29 is 9.18 Å². The van der Waals surface area contributed by atoms with Crippen LogP contribution < -0.4 is 4.90 Å². The van der Waals surface area contributed by atoms with Crippen LogP contribution in [0.25, 0.3) is 11.1 Å². The van der Waals surface area contributed by atoms with Crippen LogP contribution in [0.2, 0.25) is 0 Å². The number of rotatable bonds is 4. The van der Waals surface area contributed by atoms with E-state index in [2.05, 4.69) is 15.2 Å². The standard InChI is InChI=1S/C25H29FN6O/c1-31(2)25-27-15-19(16-10-12-17(26)13-11-16)22(28-25)21-9-5-6-14-32(21)24(33)23-18-7-3-4-8-20(18)29-30-23/h10-13,15,21H,3-9,14H2,1-2H3,(H,29,30)/t21-/m1/s1. The SMILES string of the molecule is CN(C)c1ncc(-c2ccc(F)cc2)c([C@H]2CCCCN2C(=O)c2n[nH]c3c2CCCC3)n1. The molecule has 1 fully saturated rings. The van der Waals surface area contributed by atoms with Crippen LogP contribution in [0.15, 0.2) is 30.5 Å². The largest absolute Gasteiger partial charge is 0.347 e. The fourth-order valence-corrected chi connectivity index (χ4v) is 4.96. The molecule has 1 saturated heterocycles. The van der Waals surface area contributed by atoms with Gasteiger partial charge in [0, 0.05) is 43.7 Å². The molecule has 1 aromatic carbocycles. The molecule has 172 valence electrons. The van der Waals surface area contributed by atoms with Crippen molar-refractivity contribution in [1.29, 1.82) is 0 Å². The number of piperidine rings is 1. The van der Waals surface area contributed by atoms with Crippen LogP contribution in [-0.2, 0) is 12.8 Å². The average Bonchev–Trinajstić information content (AvgIpc) is 3.28. The van der Waals surface area contributed by atoms with Crippen LogP contribution in [0.5, 0.6) is 0 Å². The summed E-state index contributed by atoms with van der Waals surface area (Å²) in [5.41, 5.74) is 5.20. The highest BCUT2D eigenvalue weighted by molar-refractivity contribution is 5.94. The molecular weight excluding hydrogens is 419 g/mol. The van der Waals surface area contributed by atoms with E-state index in [0.29, 0.717) is 18.2 Å². The van der Waals surface area contributed by atoms with Crippen molar-refractivity contribution in [3.05, 3.63) is 58.9 Å². The maximum Gasteiger partial charge on any atom is 0.275 e. The lowest BCUT2D eigenvalue weighted by atomic mass is 9.92. The number of likely N-dealkylation sites (tertiary alicyclic amines) is 1. The number of nitrogens with one attached hydrogen (secondary N) is 1. The zero-order valence-electron chi connectivity index (χ0n) is 19.1. The fourth-order valence-electron chi connectivity index (χ4n) is 4.96. The molecule has 3 heterocycles. The van der Waals surface area contributed by atoms with Crippen molar-refractivity contribution in [2.45, 2.75) is 51.0 Å². The third-order valence-corrected chi connectivity index (χ3v) is 6.70. The summed E-state index contributed by atoms with van der Waals surface area (Å²) in [6.07, 6.45) is 8.63. The van der Waals surface area contributed by atoms with Crippen molar-refractivity contribution in [3.8, 4) is 11.1 Å². The van der Waals surface area contributed by atoms with Gasteiger partial charge in [0.1, 0.15) is 5.82 Å². The predicted octanol–water partition coefficient (Wildman–Crippen LogP) is 4.32. The van der Waals surface area contributed by atoms with E-state index < -0.39 is 0 Å². The second-order valence-corrected chi connectivity index (χ2v) is 9.12. The van der Waals surface area contributed by atoms with Gasteiger partial charge in [-0.15, -0.1) is 0 Å². The van der Waals surface area contributed by atoms with Gasteiger partial charge in [0.05, 0.1) is 11.7 Å². The Hall–Kier alpha value is -3.29. The minimum atomic E-state index is -0.288. The Kier molecular flexibility index (Phi) is 5.83. The molecule has 1 aliphatic heterocycles. The minimum Gasteiger partial charge on any atom is -0.347 e. The van der Waals surface area contributed by atoms with Crippen LogP contribution in [0, 0.1) is 5.82 Å². The highest BCUT2D eigenvalue weighted by Crippen LogP contribution is 2.37. The Labute approximate surface area is 193 Å². The highest BCUT2D eigenvalue weighted by atomic mass is 19.1. The number of nitrogens with zero attached hydrogens (tertiary/aromatic N) is 5. The maximum atomic E-state index is 13.8. The van der Waals surface area contributed by atoms with E-state index in [1.165, 1.54) is 12.1 Å². The summed E-state index contributed by atoms with van der Waals surface area (Å²) in [5, 5.41) is 7.54. The number of amides is 1. The van der Waals surface area contributed by atoms with Crippen LogP contribution in [0.3, 0.4) is 0 Å². The Morgan fingerprint density at radius 3 is 2.70 bits per heavy atom. The van der Waals surface area contributed by atoms with Gasteiger partial charge in [0.25, 0.3) is 5.91 Å². The lowest BCUT2D eigenvalue weighted by Crippen LogP contribution is -2.40. The average molecular weight is 449 g/mol. The molecule has 3 aromatic rings. The van der Waals surface area contributed by atoms with E-state index in [0.717, 1.165) is 73.0 Å². The Morgan fingerprint density at radius 2 is 1.91 bits per heavy atom. The Balaban J connectivity index is 1.57. The van der Waals surface area contributed by atoms with Gasteiger partial charge in [0.15, 0.2) is 5.69 Å². The van der Waals surface area contributed by atoms with Crippen molar-refractivity contribution in [3.63, 3.8) is 0 Å². The number of hydrogen-bond donors (Lipinski definition) is 1. The third-order valence-electron chi connectivity index (χ3n) is 6.70. The van der Waals surface area contributed by atoms with Crippen molar-refractivity contribution in [1.82, 2.24) is 25.1 Å².